The number of carbonyl (C=O) groups is 1. The van der Waals surface area contributed by atoms with Crippen molar-refractivity contribution >= 4 is 6.29 Å². The molecule has 0 aromatic carbocycles. The van der Waals surface area contributed by atoms with Crippen LogP contribution in [0.25, 0.3) is 0 Å². The topological polar surface area (TPSA) is 30.0 Å². The zero-order valence-corrected chi connectivity index (χ0v) is 11.1. The summed E-state index contributed by atoms with van der Waals surface area (Å²) in [7, 11) is 0. The number of aromatic nitrogens is 1. The summed E-state index contributed by atoms with van der Waals surface area (Å²) in [6, 6.07) is 4.05. The summed E-state index contributed by atoms with van der Waals surface area (Å²) in [4.78, 5) is 15.6. The normalized spacial score (nSPS) is 12.6. The molecule has 0 fully saturated rings. The highest BCUT2D eigenvalue weighted by molar-refractivity contribution is 5.75. The molecule has 1 aromatic rings. The molecule has 1 aromatic heterocycles. The summed E-state index contributed by atoms with van der Waals surface area (Å²) in [5.74, 6) is 0. The van der Waals surface area contributed by atoms with E-state index < -0.39 is 0 Å². The van der Waals surface area contributed by atoms with Gasteiger partial charge in [0.25, 0.3) is 0 Å². The Labute approximate surface area is 98.1 Å². The van der Waals surface area contributed by atoms with Crippen molar-refractivity contribution in [2.24, 2.45) is 0 Å². The van der Waals surface area contributed by atoms with Crippen molar-refractivity contribution < 1.29 is 4.79 Å². The van der Waals surface area contributed by atoms with Crippen LogP contribution in [0.2, 0.25) is 0 Å². The van der Waals surface area contributed by atoms with Crippen molar-refractivity contribution in [1.82, 2.24) is 4.98 Å². The van der Waals surface area contributed by atoms with Gasteiger partial charge in [0.1, 0.15) is 5.69 Å². The second kappa shape index (κ2) is 4.00. The predicted octanol–water partition coefficient (Wildman–Crippen LogP) is 3.49. The maximum atomic E-state index is 11.1. The van der Waals surface area contributed by atoms with E-state index in [0.29, 0.717) is 5.69 Å². The molecule has 2 heteroatoms. The van der Waals surface area contributed by atoms with Crippen LogP contribution in [-0.2, 0) is 10.8 Å². The van der Waals surface area contributed by atoms with E-state index in [4.69, 9.17) is 0 Å². The van der Waals surface area contributed by atoms with Crippen LogP contribution in [0, 0.1) is 0 Å². The Morgan fingerprint density at radius 2 is 1.56 bits per heavy atom. The van der Waals surface area contributed by atoms with Gasteiger partial charge in [-0.05, 0) is 17.0 Å². The van der Waals surface area contributed by atoms with Gasteiger partial charge >= 0.3 is 0 Å². The SMILES string of the molecule is CC(C)(C)c1ccc(C(C)(C)C)c(C=O)n1. The van der Waals surface area contributed by atoms with Crippen LogP contribution in [0.5, 0.6) is 0 Å². The van der Waals surface area contributed by atoms with Crippen LogP contribution in [0.1, 0.15) is 63.3 Å². The van der Waals surface area contributed by atoms with E-state index in [-0.39, 0.29) is 10.8 Å². The first-order valence-electron chi connectivity index (χ1n) is 5.63. The molecule has 0 atom stereocenters. The molecule has 0 amide bonds. The zero-order valence-electron chi connectivity index (χ0n) is 11.1. The van der Waals surface area contributed by atoms with Gasteiger partial charge in [0.15, 0.2) is 6.29 Å². The Morgan fingerprint density at radius 1 is 1.00 bits per heavy atom. The lowest BCUT2D eigenvalue weighted by molar-refractivity contribution is 0.111. The summed E-state index contributed by atoms with van der Waals surface area (Å²) in [5, 5.41) is 0. The molecule has 0 bridgehead atoms. The molecule has 0 aliphatic carbocycles. The lowest BCUT2D eigenvalue weighted by Gasteiger charge is -2.24. The first-order valence-corrected chi connectivity index (χ1v) is 5.63. The molecule has 0 N–H and O–H groups in total. The smallest absolute Gasteiger partial charge is 0.168 e. The number of rotatable bonds is 1. The molecule has 0 spiro atoms. The summed E-state index contributed by atoms with van der Waals surface area (Å²) < 4.78 is 0. The van der Waals surface area contributed by atoms with Crippen molar-refractivity contribution in [2.45, 2.75) is 52.4 Å². The maximum absolute atomic E-state index is 11.1. The van der Waals surface area contributed by atoms with Crippen molar-refractivity contribution in [1.29, 1.82) is 0 Å². The molecule has 0 saturated heterocycles. The summed E-state index contributed by atoms with van der Waals surface area (Å²) in [5.41, 5.74) is 2.48. The molecule has 88 valence electrons. The molecular weight excluding hydrogens is 198 g/mol. The summed E-state index contributed by atoms with van der Waals surface area (Å²) >= 11 is 0. The van der Waals surface area contributed by atoms with E-state index >= 15 is 0 Å². The molecule has 0 aliphatic heterocycles. The molecule has 0 saturated carbocycles. The van der Waals surface area contributed by atoms with Crippen LogP contribution < -0.4 is 0 Å². The highest BCUT2D eigenvalue weighted by Crippen LogP contribution is 2.27. The quantitative estimate of drug-likeness (QED) is 0.677. The van der Waals surface area contributed by atoms with E-state index in [9.17, 15) is 4.79 Å². The van der Waals surface area contributed by atoms with Gasteiger partial charge in [-0.25, -0.2) is 4.98 Å². The van der Waals surface area contributed by atoms with Crippen LogP contribution in [0.4, 0.5) is 0 Å². The van der Waals surface area contributed by atoms with Crippen molar-refractivity contribution in [3.63, 3.8) is 0 Å². The number of carbonyl (C=O) groups excluding carboxylic acids is 1. The minimum atomic E-state index is -0.0420. The first-order chi connectivity index (χ1) is 7.16. The summed E-state index contributed by atoms with van der Waals surface area (Å²) in [6.45, 7) is 12.6. The fraction of sp³-hybridized carbons (Fsp3) is 0.571. The van der Waals surface area contributed by atoms with Crippen LogP contribution in [0.15, 0.2) is 12.1 Å². The van der Waals surface area contributed by atoms with Crippen LogP contribution in [0.3, 0.4) is 0 Å². The number of nitrogens with zero attached hydrogens (tertiary/aromatic N) is 1. The minimum absolute atomic E-state index is 0.0197. The van der Waals surface area contributed by atoms with Crippen LogP contribution >= 0.6 is 0 Å². The highest BCUT2D eigenvalue weighted by atomic mass is 16.1. The fourth-order valence-corrected chi connectivity index (χ4v) is 1.62. The first kappa shape index (κ1) is 12.9. The van der Waals surface area contributed by atoms with Gasteiger partial charge in [-0.1, -0.05) is 47.6 Å². The maximum Gasteiger partial charge on any atom is 0.168 e. The second-order valence-electron chi connectivity index (χ2n) is 6.25. The lowest BCUT2D eigenvalue weighted by atomic mass is 9.84. The van der Waals surface area contributed by atoms with Gasteiger partial charge in [-0.3, -0.25) is 4.79 Å². The standard InChI is InChI=1S/C14H21NO/c1-13(2,3)10-7-8-12(14(4,5)6)15-11(10)9-16/h7-9H,1-6H3. The van der Waals surface area contributed by atoms with E-state index in [2.05, 4.69) is 46.5 Å². The third kappa shape index (κ3) is 2.69. The lowest BCUT2D eigenvalue weighted by Crippen LogP contribution is -2.19. The third-order valence-corrected chi connectivity index (χ3v) is 2.61. The molecule has 0 aliphatic rings. The van der Waals surface area contributed by atoms with Gasteiger partial charge in [0.05, 0.1) is 0 Å². The second-order valence-corrected chi connectivity index (χ2v) is 6.25. The van der Waals surface area contributed by atoms with Gasteiger partial charge in [0, 0.05) is 11.1 Å². The zero-order chi connectivity index (χ0) is 12.6. The molecule has 1 heterocycles. The van der Waals surface area contributed by atoms with Gasteiger partial charge in [-0.2, -0.15) is 0 Å². The Hall–Kier alpha value is -1.18. The molecular formula is C14H21NO. The van der Waals surface area contributed by atoms with E-state index in [1.165, 1.54) is 0 Å². The average Bonchev–Trinajstić information content (AvgIpc) is 2.14. The Balaban J connectivity index is 3.34. The largest absolute Gasteiger partial charge is 0.296 e. The highest BCUT2D eigenvalue weighted by Gasteiger charge is 2.22. The Morgan fingerprint density at radius 3 is 1.94 bits per heavy atom. The third-order valence-electron chi connectivity index (χ3n) is 2.61. The number of hydrogen-bond donors (Lipinski definition) is 0. The van der Waals surface area contributed by atoms with Crippen molar-refractivity contribution in [3.05, 3.63) is 29.1 Å². The molecule has 0 radical (unpaired) electrons. The Kier molecular flexibility index (Phi) is 3.22. The predicted molar refractivity (Wildman–Crippen MR) is 67.0 cm³/mol. The molecule has 1 rings (SSSR count). The van der Waals surface area contributed by atoms with E-state index in [1.54, 1.807) is 0 Å². The monoisotopic (exact) mass is 219 g/mol. The molecule has 16 heavy (non-hydrogen) atoms. The minimum Gasteiger partial charge on any atom is -0.296 e. The Bertz CT molecular complexity index is 394. The van der Waals surface area contributed by atoms with Crippen molar-refractivity contribution in [2.75, 3.05) is 0 Å². The average molecular weight is 219 g/mol. The van der Waals surface area contributed by atoms with Crippen LogP contribution in [-0.4, -0.2) is 11.3 Å². The van der Waals surface area contributed by atoms with E-state index in [1.807, 2.05) is 12.1 Å². The van der Waals surface area contributed by atoms with Gasteiger partial charge in [0.2, 0.25) is 0 Å². The molecule has 2 nitrogen and oxygen atoms in total. The number of hydrogen-bond acceptors (Lipinski definition) is 2. The number of aldehydes is 1. The van der Waals surface area contributed by atoms with Gasteiger partial charge < -0.3 is 0 Å². The fourth-order valence-electron chi connectivity index (χ4n) is 1.62. The summed E-state index contributed by atoms with van der Waals surface area (Å²) in [6.07, 6.45) is 0.857. The van der Waals surface area contributed by atoms with Gasteiger partial charge in [-0.15, -0.1) is 0 Å². The van der Waals surface area contributed by atoms with E-state index in [0.717, 1.165) is 17.5 Å². The van der Waals surface area contributed by atoms with Crippen molar-refractivity contribution in [3.8, 4) is 0 Å². The number of pyridine rings is 1. The molecule has 0 unspecified atom stereocenters.